The Morgan fingerprint density at radius 2 is 1.75 bits per heavy atom. The first-order valence-corrected chi connectivity index (χ1v) is 8.44. The summed E-state index contributed by atoms with van der Waals surface area (Å²) >= 11 is 0. The minimum absolute atomic E-state index is 0.0363. The van der Waals surface area contributed by atoms with Crippen molar-refractivity contribution in [3.05, 3.63) is 23.8 Å². The van der Waals surface area contributed by atoms with Gasteiger partial charge in [-0.15, -0.1) is 0 Å². The van der Waals surface area contributed by atoms with Gasteiger partial charge in [0.25, 0.3) is 5.91 Å². The van der Waals surface area contributed by atoms with E-state index in [4.69, 9.17) is 14.7 Å². The lowest BCUT2D eigenvalue weighted by molar-refractivity contribution is -0.134. The van der Waals surface area contributed by atoms with Crippen LogP contribution in [0.25, 0.3) is 0 Å². The van der Waals surface area contributed by atoms with Crippen molar-refractivity contribution in [1.82, 2.24) is 4.90 Å². The molecule has 0 saturated heterocycles. The Morgan fingerprint density at radius 1 is 1.12 bits per heavy atom. The van der Waals surface area contributed by atoms with E-state index in [2.05, 4.69) is 33.8 Å². The van der Waals surface area contributed by atoms with E-state index in [0.717, 1.165) is 0 Å². The molecular weight excluding hydrogens is 304 g/mol. The quantitative estimate of drug-likeness (QED) is 0.694. The van der Waals surface area contributed by atoms with Gasteiger partial charge in [-0.05, 0) is 30.9 Å². The molecule has 0 fully saturated rings. The number of rotatable bonds is 9. The molecule has 0 atom stereocenters. The molecule has 0 saturated carbocycles. The molecule has 0 unspecified atom stereocenters. The molecular formula is C19H28N2O3. The van der Waals surface area contributed by atoms with E-state index in [1.54, 1.807) is 18.2 Å². The SMILES string of the molecule is CCOc1cc(C#N)ccc1OCC(=O)N(CC(C)C)CC(C)C. The Morgan fingerprint density at radius 3 is 2.25 bits per heavy atom. The molecule has 1 amide bonds. The number of amides is 1. The zero-order valence-corrected chi connectivity index (χ0v) is 15.3. The van der Waals surface area contributed by atoms with Gasteiger partial charge in [-0.1, -0.05) is 27.7 Å². The van der Waals surface area contributed by atoms with E-state index in [1.807, 2.05) is 11.8 Å². The van der Waals surface area contributed by atoms with Gasteiger partial charge in [-0.2, -0.15) is 5.26 Å². The van der Waals surface area contributed by atoms with Gasteiger partial charge >= 0.3 is 0 Å². The first kappa shape index (κ1) is 19.8. The van der Waals surface area contributed by atoms with Crippen molar-refractivity contribution in [1.29, 1.82) is 5.26 Å². The lowest BCUT2D eigenvalue weighted by Gasteiger charge is -2.26. The summed E-state index contributed by atoms with van der Waals surface area (Å²) in [5, 5.41) is 8.97. The van der Waals surface area contributed by atoms with Gasteiger partial charge in [-0.25, -0.2) is 0 Å². The van der Waals surface area contributed by atoms with Crippen molar-refractivity contribution < 1.29 is 14.3 Å². The highest BCUT2D eigenvalue weighted by molar-refractivity contribution is 5.78. The van der Waals surface area contributed by atoms with E-state index >= 15 is 0 Å². The Kier molecular flexibility index (Phi) is 8.11. The van der Waals surface area contributed by atoms with Crippen LogP contribution in [0.15, 0.2) is 18.2 Å². The zero-order chi connectivity index (χ0) is 18.1. The fourth-order valence-electron chi connectivity index (χ4n) is 2.36. The van der Waals surface area contributed by atoms with Crippen LogP contribution < -0.4 is 9.47 Å². The second kappa shape index (κ2) is 9.82. The van der Waals surface area contributed by atoms with Crippen LogP contribution in [0.2, 0.25) is 0 Å². The number of carbonyl (C=O) groups excluding carboxylic acids is 1. The molecule has 0 radical (unpaired) electrons. The molecule has 0 aromatic heterocycles. The average molecular weight is 332 g/mol. The molecule has 0 heterocycles. The molecule has 132 valence electrons. The Balaban J connectivity index is 2.78. The monoisotopic (exact) mass is 332 g/mol. The van der Waals surface area contributed by atoms with E-state index in [-0.39, 0.29) is 12.5 Å². The average Bonchev–Trinajstić information content (AvgIpc) is 2.52. The van der Waals surface area contributed by atoms with E-state index in [0.29, 0.717) is 48.6 Å². The number of hydrogen-bond donors (Lipinski definition) is 0. The van der Waals surface area contributed by atoms with Crippen molar-refractivity contribution in [2.24, 2.45) is 11.8 Å². The second-order valence-electron chi connectivity index (χ2n) is 6.58. The summed E-state index contributed by atoms with van der Waals surface area (Å²) in [7, 11) is 0. The molecule has 0 spiro atoms. The van der Waals surface area contributed by atoms with Gasteiger partial charge in [0.2, 0.25) is 0 Å². The third kappa shape index (κ3) is 6.49. The lowest BCUT2D eigenvalue weighted by atomic mass is 10.1. The number of benzene rings is 1. The number of hydrogen-bond acceptors (Lipinski definition) is 4. The van der Waals surface area contributed by atoms with Crippen molar-refractivity contribution in [2.45, 2.75) is 34.6 Å². The minimum Gasteiger partial charge on any atom is -0.490 e. The molecule has 0 bridgehead atoms. The highest BCUT2D eigenvalue weighted by Crippen LogP contribution is 2.28. The number of carbonyl (C=O) groups is 1. The van der Waals surface area contributed by atoms with Crippen LogP contribution in [-0.2, 0) is 4.79 Å². The fourth-order valence-corrected chi connectivity index (χ4v) is 2.36. The molecule has 24 heavy (non-hydrogen) atoms. The summed E-state index contributed by atoms with van der Waals surface area (Å²) in [4.78, 5) is 14.3. The minimum atomic E-state index is -0.0378. The van der Waals surface area contributed by atoms with Gasteiger partial charge in [-0.3, -0.25) is 4.79 Å². The predicted molar refractivity (Wildman–Crippen MR) is 94.1 cm³/mol. The topological polar surface area (TPSA) is 62.6 Å². The fraction of sp³-hybridized carbons (Fsp3) is 0.579. The van der Waals surface area contributed by atoms with Crippen molar-refractivity contribution in [3.63, 3.8) is 0 Å². The van der Waals surface area contributed by atoms with Crippen LogP contribution in [0.5, 0.6) is 11.5 Å². The van der Waals surface area contributed by atoms with Crippen LogP contribution in [0.1, 0.15) is 40.2 Å². The molecule has 0 aliphatic heterocycles. The maximum absolute atomic E-state index is 12.5. The van der Waals surface area contributed by atoms with Gasteiger partial charge in [0, 0.05) is 19.2 Å². The highest BCUT2D eigenvalue weighted by atomic mass is 16.5. The van der Waals surface area contributed by atoms with Crippen LogP contribution >= 0.6 is 0 Å². The van der Waals surface area contributed by atoms with Gasteiger partial charge < -0.3 is 14.4 Å². The van der Waals surface area contributed by atoms with Crippen LogP contribution in [-0.4, -0.2) is 37.1 Å². The molecule has 1 aromatic carbocycles. The maximum atomic E-state index is 12.5. The lowest BCUT2D eigenvalue weighted by Crippen LogP contribution is -2.39. The van der Waals surface area contributed by atoms with Gasteiger partial charge in [0.15, 0.2) is 18.1 Å². The Bertz CT molecular complexity index is 566. The number of nitriles is 1. The first-order chi connectivity index (χ1) is 11.4. The molecule has 0 aliphatic rings. The molecule has 5 heteroatoms. The summed E-state index contributed by atoms with van der Waals surface area (Å²) in [6.07, 6.45) is 0. The maximum Gasteiger partial charge on any atom is 0.260 e. The highest BCUT2D eigenvalue weighted by Gasteiger charge is 2.18. The van der Waals surface area contributed by atoms with E-state index < -0.39 is 0 Å². The third-order valence-corrected chi connectivity index (χ3v) is 3.25. The standard InChI is InChI=1S/C19H28N2O3/c1-6-23-18-9-16(10-20)7-8-17(18)24-13-19(22)21(11-14(2)3)12-15(4)5/h7-9,14-15H,6,11-13H2,1-5H3. The van der Waals surface area contributed by atoms with Crippen LogP contribution in [0.3, 0.4) is 0 Å². The molecule has 1 rings (SSSR count). The summed E-state index contributed by atoms with van der Waals surface area (Å²) in [5.74, 6) is 1.74. The van der Waals surface area contributed by atoms with Crippen LogP contribution in [0, 0.1) is 23.2 Å². The summed E-state index contributed by atoms with van der Waals surface area (Å²) in [6.45, 7) is 12.1. The summed E-state index contributed by atoms with van der Waals surface area (Å²) < 4.78 is 11.2. The largest absolute Gasteiger partial charge is 0.490 e. The molecule has 0 N–H and O–H groups in total. The third-order valence-electron chi connectivity index (χ3n) is 3.25. The predicted octanol–water partition coefficient (Wildman–Crippen LogP) is 3.48. The Hall–Kier alpha value is -2.22. The smallest absolute Gasteiger partial charge is 0.260 e. The van der Waals surface area contributed by atoms with Crippen molar-refractivity contribution >= 4 is 5.91 Å². The van der Waals surface area contributed by atoms with Crippen LogP contribution in [0.4, 0.5) is 0 Å². The molecule has 5 nitrogen and oxygen atoms in total. The van der Waals surface area contributed by atoms with E-state index in [1.165, 1.54) is 0 Å². The second-order valence-corrected chi connectivity index (χ2v) is 6.58. The summed E-state index contributed by atoms with van der Waals surface area (Å²) in [5.41, 5.74) is 0.498. The normalized spacial score (nSPS) is 10.6. The van der Waals surface area contributed by atoms with Crippen molar-refractivity contribution in [3.8, 4) is 17.6 Å². The van der Waals surface area contributed by atoms with Gasteiger partial charge in [0.05, 0.1) is 18.2 Å². The number of nitrogens with zero attached hydrogens (tertiary/aromatic N) is 2. The summed E-state index contributed by atoms with van der Waals surface area (Å²) in [6, 6.07) is 7.02. The Labute approximate surface area is 145 Å². The zero-order valence-electron chi connectivity index (χ0n) is 15.3. The molecule has 0 aliphatic carbocycles. The molecule has 1 aromatic rings. The van der Waals surface area contributed by atoms with Crippen molar-refractivity contribution in [2.75, 3.05) is 26.3 Å². The van der Waals surface area contributed by atoms with E-state index in [9.17, 15) is 4.79 Å². The van der Waals surface area contributed by atoms with Gasteiger partial charge in [0.1, 0.15) is 0 Å². The number of ether oxygens (including phenoxy) is 2. The first-order valence-electron chi connectivity index (χ1n) is 8.44.